The number of nitrogens with zero attached hydrogens (tertiary/aromatic N) is 2. The van der Waals surface area contributed by atoms with Gasteiger partial charge in [0.05, 0.1) is 19.8 Å². The number of fused-ring (bicyclic) bond motifs is 1. The fourth-order valence-corrected chi connectivity index (χ4v) is 4.06. The number of esters is 1. The van der Waals surface area contributed by atoms with E-state index in [2.05, 4.69) is 6.07 Å². The predicted molar refractivity (Wildman–Crippen MR) is 83.3 cm³/mol. The van der Waals surface area contributed by atoms with Crippen LogP contribution < -0.4 is 0 Å². The second kappa shape index (κ2) is 8.19. The SMILES string of the molecule is CCOC(=O)C1CC2CC(CCC#N)CCC2CN1C(=O)OC. The van der Waals surface area contributed by atoms with Crippen molar-refractivity contribution in [3.05, 3.63) is 0 Å². The van der Waals surface area contributed by atoms with Gasteiger partial charge in [-0.05, 0) is 50.4 Å². The normalized spacial score (nSPS) is 30.0. The lowest BCUT2D eigenvalue weighted by Crippen LogP contribution is -2.55. The van der Waals surface area contributed by atoms with Crippen LogP contribution in [-0.2, 0) is 14.3 Å². The molecule has 4 atom stereocenters. The maximum atomic E-state index is 12.2. The molecule has 2 rings (SSSR count). The van der Waals surface area contributed by atoms with Gasteiger partial charge in [-0.25, -0.2) is 9.59 Å². The van der Waals surface area contributed by atoms with Gasteiger partial charge in [-0.3, -0.25) is 4.90 Å². The van der Waals surface area contributed by atoms with Gasteiger partial charge in [0.15, 0.2) is 0 Å². The number of hydrogen-bond acceptors (Lipinski definition) is 5. The Hall–Kier alpha value is -1.77. The van der Waals surface area contributed by atoms with Crippen molar-refractivity contribution in [1.82, 2.24) is 4.90 Å². The van der Waals surface area contributed by atoms with E-state index in [1.165, 1.54) is 12.0 Å². The summed E-state index contributed by atoms with van der Waals surface area (Å²) in [6, 6.07) is 1.67. The number of hydrogen-bond donors (Lipinski definition) is 0. The lowest BCUT2D eigenvalue weighted by Gasteiger charge is -2.46. The van der Waals surface area contributed by atoms with Gasteiger partial charge in [0, 0.05) is 13.0 Å². The Morgan fingerprint density at radius 1 is 1.26 bits per heavy atom. The molecule has 0 N–H and O–H groups in total. The summed E-state index contributed by atoms with van der Waals surface area (Å²) >= 11 is 0. The fraction of sp³-hybridized carbons (Fsp3) is 0.824. The molecule has 6 nitrogen and oxygen atoms in total. The highest BCUT2D eigenvalue weighted by Crippen LogP contribution is 2.42. The number of carbonyl (C=O) groups excluding carboxylic acids is 2. The highest BCUT2D eigenvalue weighted by Gasteiger charge is 2.44. The van der Waals surface area contributed by atoms with Crippen molar-refractivity contribution < 1.29 is 19.1 Å². The predicted octanol–water partition coefficient (Wildman–Crippen LogP) is 2.73. The number of ether oxygens (including phenoxy) is 2. The summed E-state index contributed by atoms with van der Waals surface area (Å²) in [5.74, 6) is 1.06. The van der Waals surface area contributed by atoms with Gasteiger partial charge in [-0.15, -0.1) is 0 Å². The standard InChI is InChI=1S/C17H26N2O4/c1-3-23-16(20)15-10-14-9-12(5-4-8-18)6-7-13(14)11-19(15)17(21)22-2/h12-15H,3-7,9-11H2,1-2H3. The van der Waals surface area contributed by atoms with Crippen molar-refractivity contribution in [3.63, 3.8) is 0 Å². The summed E-state index contributed by atoms with van der Waals surface area (Å²) in [5, 5.41) is 8.76. The molecule has 1 aliphatic carbocycles. The second-order valence-corrected chi connectivity index (χ2v) is 6.52. The molecule has 6 heteroatoms. The average molecular weight is 322 g/mol. The first-order valence-electron chi connectivity index (χ1n) is 8.48. The van der Waals surface area contributed by atoms with Crippen LogP contribution in [0.5, 0.6) is 0 Å². The van der Waals surface area contributed by atoms with E-state index in [0.29, 0.717) is 43.7 Å². The van der Waals surface area contributed by atoms with Crippen LogP contribution >= 0.6 is 0 Å². The Kier molecular flexibility index (Phi) is 6.26. The largest absolute Gasteiger partial charge is 0.464 e. The molecule has 128 valence electrons. The smallest absolute Gasteiger partial charge is 0.410 e. The van der Waals surface area contributed by atoms with Crippen LogP contribution in [0.2, 0.25) is 0 Å². The van der Waals surface area contributed by atoms with E-state index in [9.17, 15) is 9.59 Å². The molecule has 0 spiro atoms. The first-order valence-corrected chi connectivity index (χ1v) is 8.48. The second-order valence-electron chi connectivity index (χ2n) is 6.52. The number of nitriles is 1. The highest BCUT2D eigenvalue weighted by atomic mass is 16.6. The first-order chi connectivity index (χ1) is 11.1. The van der Waals surface area contributed by atoms with E-state index in [4.69, 9.17) is 14.7 Å². The topological polar surface area (TPSA) is 79.6 Å². The number of piperidine rings is 1. The van der Waals surface area contributed by atoms with Gasteiger partial charge in [-0.2, -0.15) is 5.26 Å². The Morgan fingerprint density at radius 2 is 2.04 bits per heavy atom. The van der Waals surface area contributed by atoms with Crippen molar-refractivity contribution in [2.75, 3.05) is 20.3 Å². The van der Waals surface area contributed by atoms with Gasteiger partial charge in [0.25, 0.3) is 0 Å². The van der Waals surface area contributed by atoms with Crippen LogP contribution in [-0.4, -0.2) is 43.3 Å². The zero-order chi connectivity index (χ0) is 16.8. The van der Waals surface area contributed by atoms with Crippen LogP contribution in [0.1, 0.15) is 45.4 Å². The van der Waals surface area contributed by atoms with Gasteiger partial charge in [-0.1, -0.05) is 6.42 Å². The van der Waals surface area contributed by atoms with Crippen molar-refractivity contribution >= 4 is 12.1 Å². The van der Waals surface area contributed by atoms with Crippen molar-refractivity contribution in [2.24, 2.45) is 17.8 Å². The molecule has 1 saturated carbocycles. The van der Waals surface area contributed by atoms with E-state index in [0.717, 1.165) is 25.7 Å². The van der Waals surface area contributed by atoms with E-state index in [1.54, 1.807) is 6.92 Å². The molecular formula is C17H26N2O4. The lowest BCUT2D eigenvalue weighted by atomic mass is 9.68. The molecule has 1 aliphatic heterocycles. The minimum absolute atomic E-state index is 0.309. The van der Waals surface area contributed by atoms with Gasteiger partial charge >= 0.3 is 12.1 Å². The maximum absolute atomic E-state index is 12.2. The zero-order valence-electron chi connectivity index (χ0n) is 14.0. The minimum atomic E-state index is -0.543. The van der Waals surface area contributed by atoms with Crippen LogP contribution in [0.3, 0.4) is 0 Å². The summed E-state index contributed by atoms with van der Waals surface area (Å²) < 4.78 is 9.99. The average Bonchev–Trinajstić information content (AvgIpc) is 2.58. The molecule has 2 fully saturated rings. The van der Waals surface area contributed by atoms with Crippen LogP contribution in [0.25, 0.3) is 0 Å². The van der Waals surface area contributed by atoms with Gasteiger partial charge in [0.2, 0.25) is 0 Å². The zero-order valence-corrected chi connectivity index (χ0v) is 14.0. The number of rotatable bonds is 4. The van der Waals surface area contributed by atoms with Crippen LogP contribution in [0.15, 0.2) is 0 Å². The first kappa shape index (κ1) is 17.6. The molecule has 0 aromatic carbocycles. The summed E-state index contributed by atoms with van der Waals surface area (Å²) in [4.78, 5) is 25.8. The van der Waals surface area contributed by atoms with Crippen molar-refractivity contribution in [3.8, 4) is 6.07 Å². The molecule has 1 heterocycles. The summed E-state index contributed by atoms with van der Waals surface area (Å²) in [6.45, 7) is 2.64. The van der Waals surface area contributed by atoms with E-state index >= 15 is 0 Å². The number of amides is 1. The Balaban J connectivity index is 2.06. The Bertz CT molecular complexity index is 474. The summed E-state index contributed by atoms with van der Waals surface area (Å²) in [6.07, 6.45) is 4.90. The fourth-order valence-electron chi connectivity index (χ4n) is 4.06. The number of likely N-dealkylation sites (tertiary alicyclic amines) is 1. The minimum Gasteiger partial charge on any atom is -0.464 e. The van der Waals surface area contributed by atoms with Crippen molar-refractivity contribution in [2.45, 2.75) is 51.5 Å². The molecule has 4 unspecified atom stereocenters. The van der Waals surface area contributed by atoms with Crippen LogP contribution in [0, 0.1) is 29.1 Å². The Labute approximate surface area is 137 Å². The molecule has 1 saturated heterocycles. The highest BCUT2D eigenvalue weighted by molar-refractivity contribution is 5.81. The van der Waals surface area contributed by atoms with E-state index in [1.807, 2.05) is 0 Å². The molecule has 0 aromatic heterocycles. The number of methoxy groups -OCH3 is 1. The Morgan fingerprint density at radius 3 is 2.70 bits per heavy atom. The van der Waals surface area contributed by atoms with Gasteiger partial charge in [0.1, 0.15) is 6.04 Å². The summed E-state index contributed by atoms with van der Waals surface area (Å²) in [5.41, 5.74) is 0. The quantitative estimate of drug-likeness (QED) is 0.744. The maximum Gasteiger partial charge on any atom is 0.410 e. The molecular weight excluding hydrogens is 296 g/mol. The monoisotopic (exact) mass is 322 g/mol. The third-order valence-corrected chi connectivity index (χ3v) is 5.21. The van der Waals surface area contributed by atoms with E-state index < -0.39 is 12.1 Å². The van der Waals surface area contributed by atoms with Crippen LogP contribution in [0.4, 0.5) is 4.79 Å². The molecule has 1 amide bonds. The lowest BCUT2D eigenvalue weighted by molar-refractivity contribution is -0.152. The third-order valence-electron chi connectivity index (χ3n) is 5.21. The molecule has 0 bridgehead atoms. The molecule has 0 aromatic rings. The van der Waals surface area contributed by atoms with Gasteiger partial charge < -0.3 is 9.47 Å². The van der Waals surface area contributed by atoms with E-state index in [-0.39, 0.29) is 5.97 Å². The van der Waals surface area contributed by atoms with Crippen molar-refractivity contribution in [1.29, 1.82) is 5.26 Å². The molecule has 23 heavy (non-hydrogen) atoms. The number of carbonyl (C=O) groups is 2. The third kappa shape index (κ3) is 4.15. The molecule has 2 aliphatic rings. The molecule has 0 radical (unpaired) electrons. The summed E-state index contributed by atoms with van der Waals surface area (Å²) in [7, 11) is 1.34.